The van der Waals surface area contributed by atoms with E-state index < -0.39 is 0 Å². The molecule has 0 saturated carbocycles. The zero-order valence-electron chi connectivity index (χ0n) is 17.9. The first-order chi connectivity index (χ1) is 14.1. The molecule has 3 heterocycles. The van der Waals surface area contributed by atoms with E-state index in [1.807, 2.05) is 31.5 Å². The monoisotopic (exact) mass is 395 g/mol. The number of ether oxygens (including phenoxy) is 1. The number of nitrogens with zero attached hydrogens (tertiary/aromatic N) is 3. The van der Waals surface area contributed by atoms with E-state index in [0.29, 0.717) is 18.9 Å². The van der Waals surface area contributed by atoms with Crippen molar-refractivity contribution in [3.05, 3.63) is 59.7 Å². The average molecular weight is 396 g/mol. The smallest absolute Gasteiger partial charge is 0.305 e. The molecule has 3 atom stereocenters. The maximum atomic E-state index is 11.7. The van der Waals surface area contributed by atoms with Gasteiger partial charge in [-0.3, -0.25) is 19.7 Å². The van der Waals surface area contributed by atoms with Crippen LogP contribution in [0, 0.1) is 12.8 Å². The minimum atomic E-state index is -0.0992. The van der Waals surface area contributed by atoms with Gasteiger partial charge in [0.1, 0.15) is 0 Å². The Hall–Kier alpha value is -2.27. The zero-order chi connectivity index (χ0) is 20.6. The fraction of sp³-hybridized carbons (Fsp3) is 0.542. The summed E-state index contributed by atoms with van der Waals surface area (Å²) in [5.74, 6) is 0.423. The van der Waals surface area contributed by atoms with E-state index in [2.05, 4.69) is 41.9 Å². The van der Waals surface area contributed by atoms with Gasteiger partial charge >= 0.3 is 5.97 Å². The van der Waals surface area contributed by atoms with E-state index in [-0.39, 0.29) is 18.1 Å². The molecule has 0 aromatic carbocycles. The number of hydrogen-bond acceptors (Lipinski definition) is 5. The quantitative estimate of drug-likeness (QED) is 0.463. The third-order valence-electron chi connectivity index (χ3n) is 5.90. The van der Waals surface area contributed by atoms with Crippen LogP contribution in [0.3, 0.4) is 0 Å². The van der Waals surface area contributed by atoms with Crippen LogP contribution in [0.2, 0.25) is 0 Å². The van der Waals surface area contributed by atoms with Gasteiger partial charge in [-0.1, -0.05) is 19.1 Å². The van der Waals surface area contributed by atoms with Crippen LogP contribution in [-0.4, -0.2) is 34.0 Å². The molecule has 5 nitrogen and oxygen atoms in total. The number of aryl methyl sites for hydroxylation is 1. The molecule has 1 aliphatic heterocycles. The fourth-order valence-corrected chi connectivity index (χ4v) is 4.48. The summed E-state index contributed by atoms with van der Waals surface area (Å²) in [5.41, 5.74) is 3.54. The normalized spacial score (nSPS) is 22.4. The third-order valence-corrected chi connectivity index (χ3v) is 5.90. The Balaban J connectivity index is 1.81. The number of rotatable bonds is 8. The van der Waals surface area contributed by atoms with Crippen molar-refractivity contribution in [3.63, 3.8) is 0 Å². The largest absolute Gasteiger partial charge is 0.466 e. The van der Waals surface area contributed by atoms with E-state index in [1.54, 1.807) is 0 Å². The second kappa shape index (κ2) is 10.5. The summed E-state index contributed by atoms with van der Waals surface area (Å²) in [6.07, 6.45) is 8.31. The highest BCUT2D eigenvalue weighted by atomic mass is 16.5. The highest BCUT2D eigenvalue weighted by Gasteiger charge is 2.38. The molecule has 156 valence electrons. The Labute approximate surface area is 174 Å². The van der Waals surface area contributed by atoms with Gasteiger partial charge in [0.2, 0.25) is 0 Å². The van der Waals surface area contributed by atoms with Crippen LogP contribution in [0.25, 0.3) is 0 Å². The zero-order valence-corrected chi connectivity index (χ0v) is 17.9. The molecule has 1 aliphatic rings. The molecule has 0 spiro atoms. The van der Waals surface area contributed by atoms with Crippen molar-refractivity contribution in [1.29, 1.82) is 0 Å². The molecule has 3 rings (SSSR count). The predicted molar refractivity (Wildman–Crippen MR) is 114 cm³/mol. The summed E-state index contributed by atoms with van der Waals surface area (Å²) in [6.45, 7) is 7.71. The first kappa shape index (κ1) is 21.4. The minimum Gasteiger partial charge on any atom is -0.466 e. The lowest BCUT2D eigenvalue weighted by Crippen LogP contribution is -2.42. The number of esters is 1. The fourth-order valence-electron chi connectivity index (χ4n) is 4.48. The highest BCUT2D eigenvalue weighted by molar-refractivity contribution is 5.69. The SMILES string of the molecule is CCOC(=O)CCCCN1[C@H](c2ccccn2)CCC(C)[C@@H]1c1ncccc1C. The number of carbonyl (C=O) groups excluding carboxylic acids is 1. The lowest BCUT2D eigenvalue weighted by Gasteiger charge is -2.45. The molecule has 0 bridgehead atoms. The summed E-state index contributed by atoms with van der Waals surface area (Å²) in [4.78, 5) is 23.7. The maximum absolute atomic E-state index is 11.7. The van der Waals surface area contributed by atoms with Crippen molar-refractivity contribution in [2.24, 2.45) is 5.92 Å². The lowest BCUT2D eigenvalue weighted by atomic mass is 9.82. The van der Waals surface area contributed by atoms with Crippen molar-refractivity contribution in [2.75, 3.05) is 13.2 Å². The second-order valence-electron chi connectivity index (χ2n) is 7.98. The van der Waals surface area contributed by atoms with E-state index in [1.165, 1.54) is 11.3 Å². The van der Waals surface area contributed by atoms with Gasteiger partial charge < -0.3 is 4.74 Å². The number of piperidine rings is 1. The highest BCUT2D eigenvalue weighted by Crippen LogP contribution is 2.44. The van der Waals surface area contributed by atoms with Crippen molar-refractivity contribution in [1.82, 2.24) is 14.9 Å². The number of carbonyl (C=O) groups is 1. The first-order valence-electron chi connectivity index (χ1n) is 10.9. The molecule has 1 saturated heterocycles. The van der Waals surface area contributed by atoms with Crippen LogP contribution >= 0.6 is 0 Å². The molecule has 1 fully saturated rings. The van der Waals surface area contributed by atoms with Crippen LogP contribution in [0.5, 0.6) is 0 Å². The van der Waals surface area contributed by atoms with E-state index in [4.69, 9.17) is 9.72 Å². The summed E-state index contributed by atoms with van der Waals surface area (Å²) in [6, 6.07) is 10.9. The van der Waals surface area contributed by atoms with Gasteiger partial charge in [0.25, 0.3) is 0 Å². The standard InChI is InChI=1S/C24H33N3O2/c1-4-29-22(28)12-6-8-17-27-21(20-11-5-7-15-25-20)14-13-19(3)24(27)23-18(2)10-9-16-26-23/h5,7,9-11,15-16,19,21,24H,4,6,8,12-14,17H2,1-3H3/t19?,21-,24+/m0/s1. The van der Waals surface area contributed by atoms with Gasteiger partial charge in [-0.25, -0.2) is 0 Å². The topological polar surface area (TPSA) is 55.3 Å². The minimum absolute atomic E-state index is 0.0992. The maximum Gasteiger partial charge on any atom is 0.305 e. The van der Waals surface area contributed by atoms with Crippen LogP contribution in [0.15, 0.2) is 42.7 Å². The third kappa shape index (κ3) is 5.41. The van der Waals surface area contributed by atoms with E-state index in [9.17, 15) is 4.79 Å². The van der Waals surface area contributed by atoms with Crippen LogP contribution in [0.4, 0.5) is 0 Å². The Morgan fingerprint density at radius 2 is 1.97 bits per heavy atom. The van der Waals surface area contributed by atoms with Crippen molar-refractivity contribution in [2.45, 2.75) is 65.0 Å². The number of aromatic nitrogens is 2. The lowest BCUT2D eigenvalue weighted by molar-refractivity contribution is -0.143. The molecule has 0 amide bonds. The van der Waals surface area contributed by atoms with Crippen LogP contribution in [-0.2, 0) is 9.53 Å². The van der Waals surface area contributed by atoms with Gasteiger partial charge in [-0.2, -0.15) is 0 Å². The number of pyridine rings is 2. The van der Waals surface area contributed by atoms with E-state index >= 15 is 0 Å². The van der Waals surface area contributed by atoms with Gasteiger partial charge in [-0.15, -0.1) is 0 Å². The predicted octanol–water partition coefficient (Wildman–Crippen LogP) is 5.03. The van der Waals surface area contributed by atoms with E-state index in [0.717, 1.165) is 37.9 Å². The molecule has 0 aliphatic carbocycles. The molecule has 1 unspecified atom stereocenters. The number of hydrogen-bond donors (Lipinski definition) is 0. The molecular weight excluding hydrogens is 362 g/mol. The molecule has 0 N–H and O–H groups in total. The Morgan fingerprint density at radius 3 is 2.69 bits per heavy atom. The Bertz CT molecular complexity index is 781. The molecule has 2 aromatic heterocycles. The second-order valence-corrected chi connectivity index (χ2v) is 7.98. The average Bonchev–Trinajstić information content (AvgIpc) is 2.73. The Kier molecular flexibility index (Phi) is 7.76. The molecule has 5 heteroatoms. The van der Waals surface area contributed by atoms with Gasteiger partial charge in [-0.05, 0) is 75.8 Å². The molecule has 0 radical (unpaired) electrons. The summed E-state index contributed by atoms with van der Waals surface area (Å²) in [5, 5.41) is 0. The van der Waals surface area contributed by atoms with Crippen molar-refractivity contribution >= 4 is 5.97 Å². The van der Waals surface area contributed by atoms with Gasteiger partial charge in [0, 0.05) is 18.8 Å². The van der Waals surface area contributed by atoms with Crippen molar-refractivity contribution < 1.29 is 9.53 Å². The van der Waals surface area contributed by atoms with Crippen LogP contribution in [0.1, 0.15) is 75.0 Å². The molecule has 29 heavy (non-hydrogen) atoms. The molecule has 2 aromatic rings. The summed E-state index contributed by atoms with van der Waals surface area (Å²) >= 11 is 0. The summed E-state index contributed by atoms with van der Waals surface area (Å²) in [7, 11) is 0. The van der Waals surface area contributed by atoms with Crippen LogP contribution < -0.4 is 0 Å². The van der Waals surface area contributed by atoms with Crippen molar-refractivity contribution in [3.8, 4) is 0 Å². The van der Waals surface area contributed by atoms with Gasteiger partial charge in [0.15, 0.2) is 0 Å². The Morgan fingerprint density at radius 1 is 1.14 bits per heavy atom. The summed E-state index contributed by atoms with van der Waals surface area (Å²) < 4.78 is 5.08. The number of likely N-dealkylation sites (tertiary alicyclic amines) is 1. The number of unbranched alkanes of at least 4 members (excludes halogenated alkanes) is 1. The van der Waals surface area contributed by atoms with Gasteiger partial charge in [0.05, 0.1) is 30.1 Å². The molecular formula is C24H33N3O2. The first-order valence-corrected chi connectivity index (χ1v) is 10.9.